The maximum absolute atomic E-state index is 12.1. The highest BCUT2D eigenvalue weighted by molar-refractivity contribution is 7.14. The fourth-order valence-corrected chi connectivity index (χ4v) is 2.92. The van der Waals surface area contributed by atoms with Gasteiger partial charge in [0.05, 0.1) is 23.6 Å². The summed E-state index contributed by atoms with van der Waals surface area (Å²) in [6.07, 6.45) is 1.84. The Morgan fingerprint density at radius 3 is 3.11 bits per heavy atom. The van der Waals surface area contributed by atoms with Crippen LogP contribution in [0.4, 0.5) is 0 Å². The van der Waals surface area contributed by atoms with Gasteiger partial charge in [0.15, 0.2) is 0 Å². The maximum Gasteiger partial charge on any atom is 0.261 e. The smallest absolute Gasteiger partial charge is 0.261 e. The van der Waals surface area contributed by atoms with E-state index in [-0.39, 0.29) is 18.1 Å². The van der Waals surface area contributed by atoms with Gasteiger partial charge in [0.2, 0.25) is 0 Å². The van der Waals surface area contributed by atoms with Crippen molar-refractivity contribution in [3.63, 3.8) is 0 Å². The zero-order valence-corrected chi connectivity index (χ0v) is 11.6. The van der Waals surface area contributed by atoms with Crippen molar-refractivity contribution in [3.05, 3.63) is 21.9 Å². The van der Waals surface area contributed by atoms with Crippen LogP contribution >= 0.6 is 11.3 Å². The van der Waals surface area contributed by atoms with Gasteiger partial charge in [-0.05, 0) is 25.0 Å². The number of methoxy groups -OCH3 is 1. The summed E-state index contributed by atoms with van der Waals surface area (Å²) < 4.78 is 10.8. The van der Waals surface area contributed by atoms with Gasteiger partial charge in [0, 0.05) is 18.6 Å². The number of carbonyl (C=O) groups excluding carboxylic acids is 1. The molecule has 2 atom stereocenters. The third-order valence-electron chi connectivity index (χ3n) is 3.15. The summed E-state index contributed by atoms with van der Waals surface area (Å²) in [5, 5.41) is 3.00. The molecule has 1 aromatic rings. The van der Waals surface area contributed by atoms with Gasteiger partial charge in [0.25, 0.3) is 5.91 Å². The first-order chi connectivity index (χ1) is 8.74. The quantitative estimate of drug-likeness (QED) is 0.907. The molecule has 1 aliphatic heterocycles. The topological polar surface area (TPSA) is 47.6 Å². The number of nitrogens with one attached hydrogen (secondary N) is 1. The van der Waals surface area contributed by atoms with Gasteiger partial charge >= 0.3 is 0 Å². The Kier molecular flexibility index (Phi) is 4.74. The third kappa shape index (κ3) is 3.10. The second-order valence-corrected chi connectivity index (χ2v) is 5.51. The third-order valence-corrected chi connectivity index (χ3v) is 4.37. The Labute approximate surface area is 111 Å². The predicted octanol–water partition coefficient (Wildman–Crippen LogP) is 1.84. The summed E-state index contributed by atoms with van der Waals surface area (Å²) in [5.41, 5.74) is 0. The fraction of sp³-hybridized carbons (Fsp3) is 0.615. The normalized spacial score (nSPS) is 23.9. The Morgan fingerprint density at radius 2 is 2.44 bits per heavy atom. The number of thiophene rings is 1. The summed E-state index contributed by atoms with van der Waals surface area (Å²) in [5.74, 6) is -0.0303. The summed E-state index contributed by atoms with van der Waals surface area (Å²) in [6.45, 7) is 3.31. The van der Waals surface area contributed by atoms with Crippen molar-refractivity contribution in [2.24, 2.45) is 0 Å². The average molecular weight is 269 g/mol. The molecule has 0 bridgehead atoms. The zero-order chi connectivity index (χ0) is 13.0. The van der Waals surface area contributed by atoms with Crippen LogP contribution in [-0.2, 0) is 15.9 Å². The van der Waals surface area contributed by atoms with Crippen LogP contribution in [0, 0.1) is 0 Å². The molecule has 1 amide bonds. The van der Waals surface area contributed by atoms with Gasteiger partial charge in [-0.3, -0.25) is 4.79 Å². The number of aryl methyl sites for hydroxylation is 1. The molecule has 18 heavy (non-hydrogen) atoms. The molecule has 0 radical (unpaired) electrons. The van der Waals surface area contributed by atoms with Gasteiger partial charge in [-0.2, -0.15) is 0 Å². The minimum Gasteiger partial charge on any atom is -0.379 e. The maximum atomic E-state index is 12.1. The summed E-state index contributed by atoms with van der Waals surface area (Å²) in [7, 11) is 1.68. The summed E-state index contributed by atoms with van der Waals surface area (Å²) in [6, 6.07) is 3.83. The Balaban J connectivity index is 1.97. The van der Waals surface area contributed by atoms with Crippen molar-refractivity contribution in [2.45, 2.75) is 31.9 Å². The fourth-order valence-electron chi connectivity index (χ4n) is 2.06. The van der Waals surface area contributed by atoms with Crippen LogP contribution in [0.3, 0.4) is 0 Å². The van der Waals surface area contributed by atoms with E-state index in [1.165, 1.54) is 4.88 Å². The van der Waals surface area contributed by atoms with E-state index >= 15 is 0 Å². The van der Waals surface area contributed by atoms with Crippen molar-refractivity contribution in [1.29, 1.82) is 0 Å². The lowest BCUT2D eigenvalue weighted by atomic mass is 10.1. The number of carbonyl (C=O) groups is 1. The molecule has 1 N–H and O–H groups in total. The lowest BCUT2D eigenvalue weighted by Gasteiger charge is -2.30. The molecule has 1 aliphatic rings. The Bertz CT molecular complexity index is 405. The summed E-state index contributed by atoms with van der Waals surface area (Å²) in [4.78, 5) is 14.1. The first-order valence-corrected chi connectivity index (χ1v) is 7.06. The molecular formula is C13H19NO3S. The standard InChI is InChI=1S/C13H19NO3S/c1-3-9-4-5-12(18-9)13(15)14-10-8-17-7-6-11(10)16-2/h4-5,10-11H,3,6-8H2,1-2H3,(H,14,15)/t10-,11-/m1/s1. The van der Waals surface area contributed by atoms with Crippen molar-refractivity contribution in [3.8, 4) is 0 Å². The first kappa shape index (κ1) is 13.5. The molecule has 5 heteroatoms. The van der Waals surface area contributed by atoms with Gasteiger partial charge < -0.3 is 14.8 Å². The van der Waals surface area contributed by atoms with E-state index in [9.17, 15) is 4.79 Å². The Hall–Kier alpha value is -0.910. The molecule has 0 aromatic carbocycles. The molecule has 2 heterocycles. The Morgan fingerprint density at radius 1 is 1.61 bits per heavy atom. The number of rotatable bonds is 4. The van der Waals surface area contributed by atoms with Gasteiger partial charge in [-0.15, -0.1) is 11.3 Å². The molecule has 1 fully saturated rings. The van der Waals surface area contributed by atoms with E-state index < -0.39 is 0 Å². The minimum absolute atomic E-state index is 0.0303. The highest BCUT2D eigenvalue weighted by atomic mass is 32.1. The van der Waals surface area contributed by atoms with Crippen molar-refractivity contribution >= 4 is 17.2 Å². The lowest BCUT2D eigenvalue weighted by Crippen LogP contribution is -2.50. The average Bonchev–Trinajstić information content (AvgIpc) is 2.88. The van der Waals surface area contributed by atoms with Gasteiger partial charge in [-0.1, -0.05) is 6.92 Å². The zero-order valence-electron chi connectivity index (χ0n) is 10.8. The van der Waals surface area contributed by atoms with Gasteiger partial charge in [-0.25, -0.2) is 0 Å². The molecule has 2 rings (SSSR count). The predicted molar refractivity (Wildman–Crippen MR) is 71.2 cm³/mol. The highest BCUT2D eigenvalue weighted by Gasteiger charge is 2.27. The number of hydrogen-bond acceptors (Lipinski definition) is 4. The monoisotopic (exact) mass is 269 g/mol. The van der Waals surface area contributed by atoms with E-state index in [1.54, 1.807) is 18.4 Å². The van der Waals surface area contributed by atoms with Crippen molar-refractivity contribution < 1.29 is 14.3 Å². The van der Waals surface area contributed by atoms with Crippen LogP contribution < -0.4 is 5.32 Å². The first-order valence-electron chi connectivity index (χ1n) is 6.24. The lowest BCUT2D eigenvalue weighted by molar-refractivity contribution is -0.0348. The van der Waals surface area contributed by atoms with E-state index in [0.29, 0.717) is 13.2 Å². The molecule has 1 aromatic heterocycles. The summed E-state index contributed by atoms with van der Waals surface area (Å²) >= 11 is 1.54. The van der Waals surface area contributed by atoms with Crippen LogP contribution in [0.1, 0.15) is 27.9 Å². The second-order valence-electron chi connectivity index (χ2n) is 4.34. The van der Waals surface area contributed by atoms with Crippen LogP contribution in [0.5, 0.6) is 0 Å². The molecule has 100 valence electrons. The SMILES string of the molecule is CCc1ccc(C(=O)N[C@@H]2COCC[C@H]2OC)s1. The minimum atomic E-state index is -0.0524. The van der Waals surface area contributed by atoms with E-state index in [0.717, 1.165) is 17.7 Å². The highest BCUT2D eigenvalue weighted by Crippen LogP contribution is 2.18. The number of hydrogen-bond donors (Lipinski definition) is 1. The molecule has 4 nitrogen and oxygen atoms in total. The number of amides is 1. The van der Waals surface area contributed by atoms with E-state index in [2.05, 4.69) is 12.2 Å². The largest absolute Gasteiger partial charge is 0.379 e. The molecule has 0 spiro atoms. The molecular weight excluding hydrogens is 250 g/mol. The van der Waals surface area contributed by atoms with Crippen LogP contribution in [0.2, 0.25) is 0 Å². The van der Waals surface area contributed by atoms with Crippen LogP contribution in [0.25, 0.3) is 0 Å². The number of ether oxygens (including phenoxy) is 2. The van der Waals surface area contributed by atoms with Crippen molar-refractivity contribution in [2.75, 3.05) is 20.3 Å². The molecule has 0 unspecified atom stereocenters. The van der Waals surface area contributed by atoms with E-state index in [1.807, 2.05) is 12.1 Å². The second kappa shape index (κ2) is 6.31. The molecule has 1 saturated heterocycles. The van der Waals surface area contributed by atoms with Crippen molar-refractivity contribution in [1.82, 2.24) is 5.32 Å². The molecule has 0 saturated carbocycles. The molecule has 0 aliphatic carbocycles. The van der Waals surface area contributed by atoms with Crippen LogP contribution in [0.15, 0.2) is 12.1 Å². The van der Waals surface area contributed by atoms with Crippen LogP contribution in [-0.4, -0.2) is 38.4 Å². The van der Waals surface area contributed by atoms with Gasteiger partial charge in [0.1, 0.15) is 0 Å². The van der Waals surface area contributed by atoms with E-state index in [4.69, 9.17) is 9.47 Å².